The maximum Gasteiger partial charge on any atom is 0.255 e. The van der Waals surface area contributed by atoms with Gasteiger partial charge in [0.15, 0.2) is 0 Å². The molecule has 5 rings (SSSR count). The normalized spacial score (nSPS) is 10.8. The van der Waals surface area contributed by atoms with Crippen LogP contribution in [0.1, 0.15) is 26.4 Å². The lowest BCUT2D eigenvalue weighted by Crippen LogP contribution is -2.26. The first-order valence-electron chi connectivity index (χ1n) is 12.5. The van der Waals surface area contributed by atoms with Crippen LogP contribution in [0.3, 0.4) is 0 Å². The summed E-state index contributed by atoms with van der Waals surface area (Å²) in [6.45, 7) is 2.76. The fraction of sp³-hybridized carbons (Fsp3) is 0.138. The van der Waals surface area contributed by atoms with Crippen LogP contribution < -0.4 is 21.7 Å². The van der Waals surface area contributed by atoms with E-state index in [-0.39, 0.29) is 11.8 Å². The number of benzene rings is 2. The van der Waals surface area contributed by atoms with Gasteiger partial charge < -0.3 is 26.4 Å². The number of pyridine rings is 1. The number of carbonyl (C=O) groups excluding carboxylic acids is 2. The Balaban J connectivity index is 1.32. The Morgan fingerprint density at radius 3 is 2.55 bits per heavy atom. The molecule has 0 unspecified atom stereocenters. The van der Waals surface area contributed by atoms with E-state index in [9.17, 15) is 9.59 Å². The second-order valence-electron chi connectivity index (χ2n) is 8.95. The summed E-state index contributed by atoms with van der Waals surface area (Å²) in [5, 5.41) is 8.81. The number of nitrogens with one attached hydrogen (secondary N) is 3. The molecule has 0 aliphatic rings. The minimum Gasteiger partial charge on any atom is -0.397 e. The number of methoxy groups -OCH3 is 1. The Bertz CT molecular complexity index is 1680. The van der Waals surface area contributed by atoms with Gasteiger partial charge in [-0.15, -0.1) is 0 Å². The predicted octanol–water partition coefficient (Wildman–Crippen LogP) is 4.05. The van der Waals surface area contributed by atoms with Gasteiger partial charge in [0.1, 0.15) is 5.65 Å². The summed E-state index contributed by atoms with van der Waals surface area (Å²) in [6, 6.07) is 19.3. The van der Waals surface area contributed by atoms with Crippen molar-refractivity contribution >= 4 is 40.5 Å². The van der Waals surface area contributed by atoms with E-state index in [2.05, 4.69) is 30.9 Å². The number of imidazole rings is 1. The average molecular weight is 537 g/mol. The van der Waals surface area contributed by atoms with E-state index in [1.54, 1.807) is 74.1 Å². The summed E-state index contributed by atoms with van der Waals surface area (Å²) in [6.07, 6.45) is 3.46. The Hall–Kier alpha value is -5.29. The number of aromatic nitrogens is 4. The lowest BCUT2D eigenvalue weighted by molar-refractivity contribution is 0.0936. The third-order valence-electron chi connectivity index (χ3n) is 6.16. The van der Waals surface area contributed by atoms with Gasteiger partial charge in [0, 0.05) is 42.9 Å². The third-order valence-corrected chi connectivity index (χ3v) is 6.16. The largest absolute Gasteiger partial charge is 0.397 e. The summed E-state index contributed by atoms with van der Waals surface area (Å²) in [7, 11) is 1.59. The molecular weight excluding hydrogens is 508 g/mol. The van der Waals surface area contributed by atoms with Gasteiger partial charge in [-0.25, -0.2) is 15.0 Å². The quantitative estimate of drug-likeness (QED) is 0.163. The van der Waals surface area contributed by atoms with E-state index in [0.717, 1.165) is 11.4 Å². The summed E-state index contributed by atoms with van der Waals surface area (Å²) in [5.41, 5.74) is 11.5. The highest BCUT2D eigenvalue weighted by Crippen LogP contribution is 2.25. The zero-order chi connectivity index (χ0) is 28.1. The van der Waals surface area contributed by atoms with Crippen LogP contribution in [0.5, 0.6) is 0 Å². The van der Waals surface area contributed by atoms with E-state index >= 15 is 0 Å². The summed E-state index contributed by atoms with van der Waals surface area (Å²) in [4.78, 5) is 38.7. The Labute approximate surface area is 230 Å². The maximum absolute atomic E-state index is 12.6. The number of hydrogen-bond acceptors (Lipinski definition) is 8. The zero-order valence-electron chi connectivity index (χ0n) is 22.0. The standard InChI is InChI=1S/C29H28N8O3/c1-18-26(37-15-12-20(17-25(37)33-18)27(38)31-14-16-40-2)24-11-13-32-29(36-24)34-21-9-7-19(8-10-21)28(39)35-23-6-4-3-5-22(23)30/h3-13,15,17H,14,16,30H2,1-2H3,(H,31,38)(H,35,39)(H,32,34,36). The molecule has 3 heterocycles. The molecule has 202 valence electrons. The highest BCUT2D eigenvalue weighted by Gasteiger charge is 2.16. The number of fused-ring (bicyclic) bond motifs is 1. The molecule has 0 fully saturated rings. The molecule has 2 aromatic carbocycles. The lowest BCUT2D eigenvalue weighted by atomic mass is 10.2. The molecule has 3 aromatic heterocycles. The van der Waals surface area contributed by atoms with Crippen LogP contribution in [0.4, 0.5) is 23.0 Å². The molecule has 40 heavy (non-hydrogen) atoms. The number of rotatable bonds is 9. The van der Waals surface area contributed by atoms with Crippen molar-refractivity contribution in [2.24, 2.45) is 0 Å². The first kappa shape index (κ1) is 26.3. The van der Waals surface area contributed by atoms with E-state index in [1.165, 1.54) is 0 Å². The molecule has 5 N–H and O–H groups in total. The number of ether oxygens (including phenoxy) is 1. The molecule has 0 radical (unpaired) electrons. The molecule has 0 aliphatic carbocycles. The van der Waals surface area contributed by atoms with Gasteiger partial charge in [0.2, 0.25) is 5.95 Å². The minimum atomic E-state index is -0.263. The van der Waals surface area contributed by atoms with Crippen LogP contribution in [0.25, 0.3) is 17.0 Å². The first-order valence-corrected chi connectivity index (χ1v) is 12.5. The fourth-order valence-electron chi connectivity index (χ4n) is 4.17. The van der Waals surface area contributed by atoms with E-state index in [1.807, 2.05) is 23.5 Å². The predicted molar refractivity (Wildman–Crippen MR) is 154 cm³/mol. The smallest absolute Gasteiger partial charge is 0.255 e. The van der Waals surface area contributed by atoms with Crippen LogP contribution in [0.2, 0.25) is 0 Å². The highest BCUT2D eigenvalue weighted by atomic mass is 16.5. The molecule has 0 saturated carbocycles. The molecule has 0 saturated heterocycles. The van der Waals surface area contributed by atoms with Gasteiger partial charge >= 0.3 is 0 Å². The van der Waals surface area contributed by atoms with Crippen LogP contribution in [-0.4, -0.2) is 51.4 Å². The van der Waals surface area contributed by atoms with Crippen molar-refractivity contribution in [2.45, 2.75) is 6.92 Å². The minimum absolute atomic E-state index is 0.192. The van der Waals surface area contributed by atoms with Crippen molar-refractivity contribution in [1.29, 1.82) is 0 Å². The van der Waals surface area contributed by atoms with Crippen molar-refractivity contribution in [3.05, 3.63) is 95.9 Å². The maximum atomic E-state index is 12.6. The van der Waals surface area contributed by atoms with Gasteiger partial charge in [-0.1, -0.05) is 12.1 Å². The fourth-order valence-corrected chi connectivity index (χ4v) is 4.17. The number of nitrogen functional groups attached to an aromatic ring is 1. The second-order valence-corrected chi connectivity index (χ2v) is 8.95. The summed E-state index contributed by atoms with van der Waals surface area (Å²) >= 11 is 0. The van der Waals surface area contributed by atoms with Crippen molar-refractivity contribution in [3.63, 3.8) is 0 Å². The number of anilines is 4. The number of carbonyl (C=O) groups is 2. The van der Waals surface area contributed by atoms with Crippen LogP contribution in [-0.2, 0) is 4.74 Å². The number of para-hydroxylation sites is 2. The molecule has 0 atom stereocenters. The van der Waals surface area contributed by atoms with Crippen molar-refractivity contribution in [1.82, 2.24) is 24.7 Å². The SMILES string of the molecule is COCCNC(=O)c1ccn2c(-c3ccnc(Nc4ccc(C(=O)Nc5ccccc5N)cc4)n3)c(C)nc2c1. The number of hydrogen-bond donors (Lipinski definition) is 4. The van der Waals surface area contributed by atoms with Crippen LogP contribution >= 0.6 is 0 Å². The van der Waals surface area contributed by atoms with Gasteiger partial charge in [-0.2, -0.15) is 0 Å². The third kappa shape index (κ3) is 5.74. The molecule has 11 nitrogen and oxygen atoms in total. The lowest BCUT2D eigenvalue weighted by Gasteiger charge is -2.10. The topological polar surface area (TPSA) is 149 Å². The summed E-state index contributed by atoms with van der Waals surface area (Å²) < 4.78 is 6.87. The zero-order valence-corrected chi connectivity index (χ0v) is 22.0. The van der Waals surface area contributed by atoms with Crippen molar-refractivity contribution in [2.75, 3.05) is 36.6 Å². The van der Waals surface area contributed by atoms with E-state index in [4.69, 9.17) is 10.5 Å². The van der Waals surface area contributed by atoms with Gasteiger partial charge in [-0.3, -0.25) is 14.0 Å². The van der Waals surface area contributed by atoms with Crippen LogP contribution in [0, 0.1) is 6.92 Å². The Morgan fingerprint density at radius 2 is 1.77 bits per heavy atom. The molecule has 0 spiro atoms. The summed E-state index contributed by atoms with van der Waals surface area (Å²) in [5.74, 6) is -0.0698. The van der Waals surface area contributed by atoms with Gasteiger partial charge in [0.05, 0.1) is 35.1 Å². The molecule has 11 heteroatoms. The van der Waals surface area contributed by atoms with Crippen molar-refractivity contribution in [3.8, 4) is 11.4 Å². The molecule has 0 bridgehead atoms. The molecule has 2 amide bonds. The van der Waals surface area contributed by atoms with Gasteiger partial charge in [0.25, 0.3) is 11.8 Å². The van der Waals surface area contributed by atoms with Crippen LogP contribution in [0.15, 0.2) is 79.1 Å². The first-order chi connectivity index (χ1) is 19.4. The Morgan fingerprint density at radius 1 is 0.975 bits per heavy atom. The highest BCUT2D eigenvalue weighted by molar-refractivity contribution is 6.05. The number of aryl methyl sites for hydroxylation is 1. The van der Waals surface area contributed by atoms with E-state index < -0.39 is 0 Å². The molecule has 0 aliphatic heterocycles. The van der Waals surface area contributed by atoms with E-state index in [0.29, 0.717) is 58.6 Å². The molecular formula is C29H28N8O3. The number of nitrogens with zero attached hydrogens (tertiary/aromatic N) is 4. The van der Waals surface area contributed by atoms with Gasteiger partial charge in [-0.05, 0) is 61.5 Å². The van der Waals surface area contributed by atoms with Crippen molar-refractivity contribution < 1.29 is 14.3 Å². The average Bonchev–Trinajstić information content (AvgIpc) is 3.29. The second kappa shape index (κ2) is 11.6. The number of amides is 2. The molecule has 5 aromatic rings. The number of nitrogens with two attached hydrogens (primary N) is 1. The Kier molecular flexibility index (Phi) is 7.65. The monoisotopic (exact) mass is 536 g/mol.